The van der Waals surface area contributed by atoms with E-state index in [1.807, 2.05) is 0 Å². The number of nitrogens with zero attached hydrogens (tertiary/aromatic N) is 1. The van der Waals surface area contributed by atoms with Crippen LogP contribution in [-0.4, -0.2) is 34.9 Å². The van der Waals surface area contributed by atoms with E-state index < -0.39 is 17.5 Å². The van der Waals surface area contributed by atoms with Gasteiger partial charge in [-0.1, -0.05) is 44.6 Å². The van der Waals surface area contributed by atoms with Crippen LogP contribution in [-0.2, 0) is 19.1 Å². The van der Waals surface area contributed by atoms with Crippen molar-refractivity contribution < 1.29 is 19.1 Å². The number of esters is 1. The smallest absolute Gasteiger partial charge is 0.322 e. The second kappa shape index (κ2) is 10.7. The minimum Gasteiger partial charge on any atom is -0.446 e. The molecule has 0 aromatic carbocycles. The molecule has 1 aromatic rings. The van der Waals surface area contributed by atoms with E-state index in [1.165, 1.54) is 19.0 Å². The predicted octanol–water partition coefficient (Wildman–Crippen LogP) is 3.59. The van der Waals surface area contributed by atoms with Crippen molar-refractivity contribution in [2.24, 2.45) is 5.41 Å². The molecule has 2 aliphatic carbocycles. The molecule has 1 aromatic heterocycles. The van der Waals surface area contributed by atoms with Crippen molar-refractivity contribution in [3.63, 3.8) is 0 Å². The molecule has 2 N–H and O–H groups in total. The SMILES string of the molecule is CC(C)(C(=O)NC1CCCCC1)C(=O)OC(C(=O)NC1CCCCC1)c1cccnc1. The first kappa shape index (κ1) is 23.2. The molecule has 2 saturated carbocycles. The van der Waals surface area contributed by atoms with Crippen LogP contribution >= 0.6 is 0 Å². The van der Waals surface area contributed by atoms with Crippen molar-refractivity contribution in [1.29, 1.82) is 0 Å². The molecule has 3 rings (SSSR count). The van der Waals surface area contributed by atoms with Crippen LogP contribution in [0.5, 0.6) is 0 Å². The van der Waals surface area contributed by atoms with E-state index in [0.29, 0.717) is 5.56 Å². The zero-order valence-corrected chi connectivity index (χ0v) is 18.7. The summed E-state index contributed by atoms with van der Waals surface area (Å²) < 4.78 is 5.66. The zero-order chi connectivity index (χ0) is 22.3. The lowest BCUT2D eigenvalue weighted by Crippen LogP contribution is -2.49. The number of carbonyl (C=O) groups excluding carboxylic acids is 3. The van der Waals surface area contributed by atoms with Crippen LogP contribution in [0.15, 0.2) is 24.5 Å². The van der Waals surface area contributed by atoms with Crippen LogP contribution in [0, 0.1) is 5.41 Å². The summed E-state index contributed by atoms with van der Waals surface area (Å²) in [6.45, 7) is 3.10. The molecule has 0 aliphatic heterocycles. The molecule has 7 heteroatoms. The quantitative estimate of drug-likeness (QED) is 0.510. The predicted molar refractivity (Wildman–Crippen MR) is 117 cm³/mol. The highest BCUT2D eigenvalue weighted by atomic mass is 16.5. The molecule has 7 nitrogen and oxygen atoms in total. The van der Waals surface area contributed by atoms with Gasteiger partial charge in [-0.05, 0) is 45.6 Å². The summed E-state index contributed by atoms with van der Waals surface area (Å²) in [5.74, 6) is -1.44. The maximum atomic E-state index is 13.0. The van der Waals surface area contributed by atoms with Crippen LogP contribution in [0.1, 0.15) is 89.7 Å². The van der Waals surface area contributed by atoms with Gasteiger partial charge in [0.25, 0.3) is 5.91 Å². The minimum absolute atomic E-state index is 0.0849. The first-order valence-electron chi connectivity index (χ1n) is 11.6. The van der Waals surface area contributed by atoms with E-state index in [4.69, 9.17) is 4.74 Å². The molecule has 0 spiro atoms. The normalized spacial score (nSPS) is 19.3. The average molecular weight is 430 g/mol. The van der Waals surface area contributed by atoms with Crippen molar-refractivity contribution >= 4 is 17.8 Å². The molecule has 1 heterocycles. The molecule has 1 unspecified atom stereocenters. The molecule has 2 aliphatic rings. The Hall–Kier alpha value is -2.44. The summed E-state index contributed by atoms with van der Waals surface area (Å²) in [5.41, 5.74) is -0.907. The van der Waals surface area contributed by atoms with Crippen molar-refractivity contribution in [1.82, 2.24) is 15.6 Å². The van der Waals surface area contributed by atoms with Gasteiger partial charge in [-0.25, -0.2) is 0 Å². The standard InChI is InChI=1S/C24H35N3O4/c1-24(2,22(29)27-19-13-7-4-8-14-19)23(30)31-20(17-10-9-15-25-16-17)21(28)26-18-11-5-3-6-12-18/h9-10,15-16,18-20H,3-8,11-14H2,1-2H3,(H,26,28)(H,27,29). The van der Waals surface area contributed by atoms with Crippen molar-refractivity contribution in [2.45, 2.75) is 96.2 Å². The Bertz CT molecular complexity index is 753. The summed E-state index contributed by atoms with van der Waals surface area (Å²) in [4.78, 5) is 43.0. The van der Waals surface area contributed by atoms with Gasteiger partial charge >= 0.3 is 5.97 Å². The van der Waals surface area contributed by atoms with E-state index in [1.54, 1.807) is 32.2 Å². The summed E-state index contributed by atoms with van der Waals surface area (Å²) in [7, 11) is 0. The largest absolute Gasteiger partial charge is 0.446 e. The molecule has 31 heavy (non-hydrogen) atoms. The number of carbonyl (C=O) groups is 3. The first-order valence-corrected chi connectivity index (χ1v) is 11.6. The molecule has 2 fully saturated rings. The van der Waals surface area contributed by atoms with Crippen molar-refractivity contribution in [3.8, 4) is 0 Å². The molecule has 170 valence electrons. The fourth-order valence-corrected chi connectivity index (χ4v) is 4.29. The third-order valence-electron chi connectivity index (χ3n) is 6.42. The van der Waals surface area contributed by atoms with Crippen molar-refractivity contribution in [2.75, 3.05) is 0 Å². The van der Waals surface area contributed by atoms with Gasteiger partial charge < -0.3 is 15.4 Å². The third-order valence-corrected chi connectivity index (χ3v) is 6.42. The van der Waals surface area contributed by atoms with E-state index >= 15 is 0 Å². The van der Waals surface area contributed by atoms with Crippen molar-refractivity contribution in [3.05, 3.63) is 30.1 Å². The highest BCUT2D eigenvalue weighted by molar-refractivity contribution is 6.02. The Morgan fingerprint density at radius 1 is 0.968 bits per heavy atom. The fraction of sp³-hybridized carbons (Fsp3) is 0.667. The number of aromatic nitrogens is 1. The Kier molecular flexibility index (Phi) is 8.04. The molecule has 0 radical (unpaired) electrons. The lowest BCUT2D eigenvalue weighted by atomic mass is 9.89. The molecule has 0 bridgehead atoms. The van der Waals surface area contributed by atoms with Crippen LogP contribution in [0.3, 0.4) is 0 Å². The van der Waals surface area contributed by atoms with Gasteiger partial charge in [-0.2, -0.15) is 0 Å². The molecule has 2 amide bonds. The molecule has 1 atom stereocenters. The maximum Gasteiger partial charge on any atom is 0.322 e. The lowest BCUT2D eigenvalue weighted by molar-refractivity contribution is -0.168. The van der Waals surface area contributed by atoms with Crippen LogP contribution in [0.2, 0.25) is 0 Å². The Labute approximate surface area is 184 Å². The Morgan fingerprint density at radius 3 is 2.10 bits per heavy atom. The fourth-order valence-electron chi connectivity index (χ4n) is 4.29. The van der Waals surface area contributed by atoms with Crippen LogP contribution in [0.25, 0.3) is 0 Å². The zero-order valence-electron chi connectivity index (χ0n) is 18.7. The summed E-state index contributed by atoms with van der Waals surface area (Å²) in [5, 5.41) is 6.02. The van der Waals surface area contributed by atoms with E-state index in [9.17, 15) is 14.4 Å². The van der Waals surface area contributed by atoms with Gasteiger partial charge in [0.1, 0.15) is 5.41 Å². The van der Waals surface area contributed by atoms with Gasteiger partial charge in [-0.15, -0.1) is 0 Å². The maximum absolute atomic E-state index is 13.0. The molecular formula is C24H35N3O4. The highest BCUT2D eigenvalue weighted by Gasteiger charge is 2.41. The summed E-state index contributed by atoms with van der Waals surface area (Å²) in [6.07, 6.45) is 12.4. The first-order chi connectivity index (χ1) is 14.9. The number of ether oxygens (including phenoxy) is 1. The van der Waals surface area contributed by atoms with Gasteiger partial charge in [0, 0.05) is 30.0 Å². The number of nitrogens with one attached hydrogen (secondary N) is 2. The van der Waals surface area contributed by atoms with Gasteiger partial charge in [0.15, 0.2) is 0 Å². The monoisotopic (exact) mass is 429 g/mol. The summed E-state index contributed by atoms with van der Waals surface area (Å²) in [6, 6.07) is 3.59. The minimum atomic E-state index is -1.40. The number of hydrogen-bond acceptors (Lipinski definition) is 5. The van der Waals surface area contributed by atoms with E-state index in [2.05, 4.69) is 15.6 Å². The number of rotatable bonds is 7. The third kappa shape index (κ3) is 6.28. The lowest BCUT2D eigenvalue weighted by Gasteiger charge is -2.30. The number of amides is 2. The van der Waals surface area contributed by atoms with Gasteiger partial charge in [-0.3, -0.25) is 19.4 Å². The highest BCUT2D eigenvalue weighted by Crippen LogP contribution is 2.27. The van der Waals surface area contributed by atoms with E-state index in [-0.39, 0.29) is 23.9 Å². The van der Waals surface area contributed by atoms with Crippen LogP contribution < -0.4 is 10.6 Å². The Balaban J connectivity index is 1.69. The van der Waals surface area contributed by atoms with Crippen LogP contribution in [0.4, 0.5) is 0 Å². The average Bonchev–Trinajstić information content (AvgIpc) is 2.79. The van der Waals surface area contributed by atoms with Gasteiger partial charge in [0.05, 0.1) is 0 Å². The number of hydrogen-bond donors (Lipinski definition) is 2. The molecular weight excluding hydrogens is 394 g/mol. The Morgan fingerprint density at radius 2 is 1.55 bits per heavy atom. The van der Waals surface area contributed by atoms with E-state index in [0.717, 1.165) is 51.4 Å². The second-order valence-corrected chi connectivity index (χ2v) is 9.35. The van der Waals surface area contributed by atoms with Gasteiger partial charge in [0.2, 0.25) is 12.0 Å². The number of pyridine rings is 1. The molecule has 0 saturated heterocycles. The second-order valence-electron chi connectivity index (χ2n) is 9.35. The summed E-state index contributed by atoms with van der Waals surface area (Å²) >= 11 is 0. The topological polar surface area (TPSA) is 97.4 Å².